The Balaban J connectivity index is 1.43. The summed E-state index contributed by atoms with van der Waals surface area (Å²) in [6.07, 6.45) is -3.83. The Morgan fingerprint density at radius 2 is 1.75 bits per heavy atom. The Labute approximate surface area is 187 Å². The number of thioether (sulfide) groups is 1. The molecule has 1 heterocycles. The maximum Gasteiger partial charge on any atom is 0.416 e. The lowest BCUT2D eigenvalue weighted by Crippen LogP contribution is -2.40. The van der Waals surface area contributed by atoms with Gasteiger partial charge in [0.1, 0.15) is 12.4 Å². The number of nitrogens with zero attached hydrogens (tertiary/aromatic N) is 1. The highest BCUT2D eigenvalue weighted by Crippen LogP contribution is 2.32. The molecular formula is C21H21F4NO4S2. The van der Waals surface area contributed by atoms with Gasteiger partial charge in [-0.25, -0.2) is 12.8 Å². The molecule has 3 rings (SSSR count). The maximum atomic E-state index is 13.0. The Morgan fingerprint density at radius 1 is 1.09 bits per heavy atom. The van der Waals surface area contributed by atoms with E-state index >= 15 is 0 Å². The van der Waals surface area contributed by atoms with Crippen LogP contribution < -0.4 is 0 Å². The van der Waals surface area contributed by atoms with Gasteiger partial charge in [0.2, 0.25) is 10.0 Å². The van der Waals surface area contributed by atoms with Crippen LogP contribution >= 0.6 is 11.8 Å². The normalized spacial score (nSPS) is 16.1. The van der Waals surface area contributed by atoms with Crippen LogP contribution in [0.4, 0.5) is 17.6 Å². The van der Waals surface area contributed by atoms with Gasteiger partial charge in [0.25, 0.3) is 0 Å². The molecule has 0 N–H and O–H groups in total. The lowest BCUT2D eigenvalue weighted by Gasteiger charge is -2.30. The average molecular weight is 492 g/mol. The summed E-state index contributed by atoms with van der Waals surface area (Å²) in [5.74, 6) is -1.14. The fraction of sp³-hybridized carbons (Fsp3) is 0.381. The van der Waals surface area contributed by atoms with Crippen molar-refractivity contribution >= 4 is 27.8 Å². The first-order valence-corrected chi connectivity index (χ1v) is 12.2. The van der Waals surface area contributed by atoms with Crippen LogP contribution in [0.2, 0.25) is 0 Å². The first-order valence-electron chi connectivity index (χ1n) is 9.80. The Bertz CT molecular complexity index is 1030. The van der Waals surface area contributed by atoms with Crippen molar-refractivity contribution in [2.45, 2.75) is 28.8 Å². The number of benzene rings is 2. The number of rotatable bonds is 7. The number of sulfonamides is 1. The van der Waals surface area contributed by atoms with E-state index in [1.54, 1.807) is 6.07 Å². The van der Waals surface area contributed by atoms with Crippen LogP contribution in [0.25, 0.3) is 0 Å². The molecule has 11 heteroatoms. The van der Waals surface area contributed by atoms with E-state index in [-0.39, 0.29) is 24.6 Å². The van der Waals surface area contributed by atoms with Crippen molar-refractivity contribution in [1.82, 2.24) is 4.31 Å². The second-order valence-corrected chi connectivity index (χ2v) is 10.3. The van der Waals surface area contributed by atoms with Crippen molar-refractivity contribution in [3.8, 4) is 0 Å². The first-order chi connectivity index (χ1) is 15.1. The third kappa shape index (κ3) is 6.23. The monoisotopic (exact) mass is 491 g/mol. The van der Waals surface area contributed by atoms with Crippen molar-refractivity contribution in [3.05, 3.63) is 59.9 Å². The van der Waals surface area contributed by atoms with Crippen LogP contribution in [-0.2, 0) is 25.7 Å². The van der Waals surface area contributed by atoms with Crippen molar-refractivity contribution in [2.75, 3.05) is 25.4 Å². The van der Waals surface area contributed by atoms with Gasteiger partial charge in [-0.15, -0.1) is 11.8 Å². The molecule has 1 saturated heterocycles. The number of ether oxygens (including phenoxy) is 1. The van der Waals surface area contributed by atoms with E-state index < -0.39 is 39.5 Å². The third-order valence-corrected chi connectivity index (χ3v) is 7.87. The highest BCUT2D eigenvalue weighted by atomic mass is 32.2. The second kappa shape index (κ2) is 10.2. The molecule has 0 saturated carbocycles. The molecule has 2 aromatic carbocycles. The van der Waals surface area contributed by atoms with E-state index in [0.29, 0.717) is 23.5 Å². The Kier molecular flexibility index (Phi) is 7.84. The zero-order valence-corrected chi connectivity index (χ0v) is 18.5. The summed E-state index contributed by atoms with van der Waals surface area (Å²) >= 11 is 1.15. The van der Waals surface area contributed by atoms with Crippen LogP contribution in [-0.4, -0.2) is 44.1 Å². The van der Waals surface area contributed by atoms with Crippen LogP contribution in [0, 0.1) is 11.7 Å². The van der Waals surface area contributed by atoms with Crippen molar-refractivity contribution in [1.29, 1.82) is 0 Å². The summed E-state index contributed by atoms with van der Waals surface area (Å²) in [7, 11) is -3.76. The lowest BCUT2D eigenvalue weighted by molar-refractivity contribution is -0.149. The number of piperidine rings is 1. The maximum absolute atomic E-state index is 13.0. The van der Waals surface area contributed by atoms with E-state index in [2.05, 4.69) is 0 Å². The SMILES string of the molecule is O=C(OCCSc1cccc(C(F)(F)F)c1)C1CCN(S(=O)(=O)c2ccc(F)cc2)CC1. The summed E-state index contributed by atoms with van der Waals surface area (Å²) in [6, 6.07) is 9.48. The fourth-order valence-electron chi connectivity index (χ4n) is 3.27. The van der Waals surface area contributed by atoms with Crippen molar-refractivity contribution < 1.29 is 35.5 Å². The molecule has 0 amide bonds. The number of alkyl halides is 3. The number of carbonyl (C=O) groups is 1. The van der Waals surface area contributed by atoms with Gasteiger partial charge in [-0.1, -0.05) is 6.07 Å². The van der Waals surface area contributed by atoms with Gasteiger partial charge in [-0.2, -0.15) is 17.5 Å². The molecule has 0 atom stereocenters. The van der Waals surface area contributed by atoms with Crippen molar-refractivity contribution in [2.24, 2.45) is 5.92 Å². The minimum absolute atomic E-state index is 0.00783. The third-order valence-electron chi connectivity index (χ3n) is 5.00. The quantitative estimate of drug-likeness (QED) is 0.246. The molecule has 0 spiro atoms. The Hall–Kier alpha value is -2.11. The number of esters is 1. The molecule has 0 bridgehead atoms. The molecule has 0 aliphatic carbocycles. The molecule has 32 heavy (non-hydrogen) atoms. The molecule has 1 aliphatic heterocycles. The number of hydrogen-bond donors (Lipinski definition) is 0. The molecular weight excluding hydrogens is 470 g/mol. The second-order valence-electron chi connectivity index (χ2n) is 7.17. The number of carbonyl (C=O) groups excluding carboxylic acids is 1. The molecule has 0 unspecified atom stereocenters. The van der Waals surface area contributed by atoms with Crippen LogP contribution in [0.5, 0.6) is 0 Å². The Morgan fingerprint density at radius 3 is 2.38 bits per heavy atom. The van der Waals surface area contributed by atoms with Gasteiger partial charge in [0.15, 0.2) is 0 Å². The molecule has 2 aromatic rings. The fourth-order valence-corrected chi connectivity index (χ4v) is 5.53. The van der Waals surface area contributed by atoms with Crippen LogP contribution in [0.1, 0.15) is 18.4 Å². The highest BCUT2D eigenvalue weighted by Gasteiger charge is 2.33. The predicted octanol–water partition coefficient (Wildman–Crippen LogP) is 4.58. The summed E-state index contributed by atoms with van der Waals surface area (Å²) in [6.45, 7) is 0.310. The predicted molar refractivity (Wildman–Crippen MR) is 111 cm³/mol. The highest BCUT2D eigenvalue weighted by molar-refractivity contribution is 7.99. The van der Waals surface area contributed by atoms with Gasteiger partial charge in [0.05, 0.1) is 16.4 Å². The van der Waals surface area contributed by atoms with E-state index in [9.17, 15) is 30.8 Å². The van der Waals surface area contributed by atoms with E-state index in [1.165, 1.54) is 22.5 Å². The molecule has 1 fully saturated rings. The smallest absolute Gasteiger partial charge is 0.416 e. The van der Waals surface area contributed by atoms with E-state index in [0.717, 1.165) is 36.0 Å². The topological polar surface area (TPSA) is 63.7 Å². The number of hydrogen-bond acceptors (Lipinski definition) is 5. The van der Waals surface area contributed by atoms with Crippen LogP contribution in [0.3, 0.4) is 0 Å². The minimum Gasteiger partial charge on any atom is -0.465 e. The largest absolute Gasteiger partial charge is 0.465 e. The van der Waals surface area contributed by atoms with Gasteiger partial charge in [-0.05, 0) is 55.3 Å². The summed E-state index contributed by atoms with van der Waals surface area (Å²) in [5, 5.41) is 0. The lowest BCUT2D eigenvalue weighted by atomic mass is 9.98. The van der Waals surface area contributed by atoms with Gasteiger partial charge >= 0.3 is 12.1 Å². The summed E-state index contributed by atoms with van der Waals surface area (Å²) in [4.78, 5) is 12.7. The first kappa shape index (κ1) is 24.5. The van der Waals surface area contributed by atoms with Crippen LogP contribution in [0.15, 0.2) is 58.3 Å². The van der Waals surface area contributed by atoms with E-state index in [1.807, 2.05) is 0 Å². The number of halogens is 4. The van der Waals surface area contributed by atoms with Gasteiger partial charge < -0.3 is 4.74 Å². The van der Waals surface area contributed by atoms with Gasteiger partial charge in [0, 0.05) is 23.7 Å². The standard InChI is InChI=1S/C21H21F4NO4S2/c22-17-4-6-19(7-5-17)32(28,29)26-10-8-15(9-11-26)20(27)30-12-13-31-18-3-1-2-16(14-18)21(23,24)25/h1-7,14-15H,8-13H2. The zero-order chi connectivity index (χ0) is 23.4. The van der Waals surface area contributed by atoms with Gasteiger partial charge in [-0.3, -0.25) is 4.79 Å². The summed E-state index contributed by atoms with van der Waals surface area (Å²) in [5.41, 5.74) is -0.734. The molecule has 0 aromatic heterocycles. The van der Waals surface area contributed by atoms with E-state index in [4.69, 9.17) is 4.74 Å². The molecule has 0 radical (unpaired) electrons. The molecule has 5 nitrogen and oxygen atoms in total. The summed E-state index contributed by atoms with van der Waals surface area (Å²) < 4.78 is 83.0. The minimum atomic E-state index is -4.41. The molecule has 174 valence electrons. The van der Waals surface area contributed by atoms with Crippen molar-refractivity contribution in [3.63, 3.8) is 0 Å². The molecule has 1 aliphatic rings. The zero-order valence-electron chi connectivity index (χ0n) is 16.8. The average Bonchev–Trinajstić information content (AvgIpc) is 2.76.